The Hall–Kier alpha value is -2.29. The van der Waals surface area contributed by atoms with Gasteiger partial charge >= 0.3 is 6.16 Å². The minimum atomic E-state index is -0.600. The quantitative estimate of drug-likeness (QED) is 0.411. The fourth-order valence-corrected chi connectivity index (χ4v) is 2.71. The first-order chi connectivity index (χ1) is 12.3. The zero-order chi connectivity index (χ0) is 17.7. The minimum absolute atomic E-state index is 0.249. The van der Waals surface area contributed by atoms with Crippen LogP contribution in [0.2, 0.25) is 0 Å². The molecule has 0 aliphatic heterocycles. The summed E-state index contributed by atoms with van der Waals surface area (Å²) in [6.07, 6.45) is 6.03. The van der Waals surface area contributed by atoms with Crippen molar-refractivity contribution in [3.8, 4) is 0 Å². The lowest BCUT2D eigenvalue weighted by Gasteiger charge is -2.07. The number of hydrogen-bond donors (Lipinski definition) is 0. The second-order valence-electron chi connectivity index (χ2n) is 6.25. The molecule has 0 amide bonds. The summed E-state index contributed by atoms with van der Waals surface area (Å²) in [4.78, 5) is 11.6. The van der Waals surface area contributed by atoms with Gasteiger partial charge in [-0.2, -0.15) is 0 Å². The molecular weight excluding hydrogens is 312 g/mol. The largest absolute Gasteiger partial charge is 0.508 e. The van der Waals surface area contributed by atoms with Crippen LogP contribution in [-0.4, -0.2) is 12.8 Å². The van der Waals surface area contributed by atoms with Gasteiger partial charge in [0.05, 0.1) is 6.61 Å². The van der Waals surface area contributed by atoms with Crippen molar-refractivity contribution in [2.75, 3.05) is 6.61 Å². The smallest absolute Gasteiger partial charge is 0.434 e. The Balaban J connectivity index is 1.62. The molecule has 0 atom stereocenters. The molecule has 0 heterocycles. The summed E-state index contributed by atoms with van der Waals surface area (Å²) in [5, 5.41) is 0. The van der Waals surface area contributed by atoms with Gasteiger partial charge in [0, 0.05) is 0 Å². The lowest BCUT2D eigenvalue weighted by Crippen LogP contribution is -2.09. The average Bonchev–Trinajstić information content (AvgIpc) is 2.65. The molecule has 0 spiro atoms. The molecule has 0 aliphatic carbocycles. The Morgan fingerprint density at radius 2 is 1.48 bits per heavy atom. The summed E-state index contributed by atoms with van der Waals surface area (Å²) >= 11 is 0. The number of carbonyl (C=O) groups excluding carboxylic acids is 1. The van der Waals surface area contributed by atoms with E-state index >= 15 is 0 Å². The molecule has 3 heteroatoms. The fraction of sp³-hybridized carbons (Fsp3) is 0.409. The highest BCUT2D eigenvalue weighted by Crippen LogP contribution is 2.11. The highest BCUT2D eigenvalue weighted by Gasteiger charge is 2.04. The maximum absolute atomic E-state index is 11.6. The second kappa shape index (κ2) is 11.3. The van der Waals surface area contributed by atoms with E-state index < -0.39 is 6.16 Å². The maximum Gasteiger partial charge on any atom is 0.508 e. The molecule has 0 bridgehead atoms. The monoisotopic (exact) mass is 340 g/mol. The van der Waals surface area contributed by atoms with Crippen molar-refractivity contribution in [1.82, 2.24) is 0 Å². The van der Waals surface area contributed by atoms with E-state index in [0.29, 0.717) is 6.61 Å². The molecule has 0 unspecified atom stereocenters. The van der Waals surface area contributed by atoms with E-state index in [1.807, 2.05) is 30.3 Å². The molecule has 0 aliphatic rings. The molecule has 0 saturated heterocycles. The lowest BCUT2D eigenvalue weighted by molar-refractivity contribution is 0.0492. The molecule has 2 rings (SSSR count). The van der Waals surface area contributed by atoms with Crippen LogP contribution in [0.4, 0.5) is 4.79 Å². The minimum Gasteiger partial charge on any atom is -0.434 e. The van der Waals surface area contributed by atoms with Crippen LogP contribution in [0.5, 0.6) is 0 Å². The van der Waals surface area contributed by atoms with E-state index in [4.69, 9.17) is 9.47 Å². The number of ether oxygens (including phenoxy) is 2. The SMILES string of the molecule is CCCCCc1cccc(CCCOC(=O)OCc2ccccc2)c1. The highest BCUT2D eigenvalue weighted by atomic mass is 16.7. The summed E-state index contributed by atoms with van der Waals surface area (Å²) < 4.78 is 10.2. The Morgan fingerprint density at radius 1 is 0.800 bits per heavy atom. The molecular formula is C22H28O3. The van der Waals surface area contributed by atoms with Crippen LogP contribution < -0.4 is 0 Å². The van der Waals surface area contributed by atoms with E-state index in [1.54, 1.807) is 0 Å². The molecule has 2 aromatic rings. The van der Waals surface area contributed by atoms with E-state index in [9.17, 15) is 4.79 Å². The fourth-order valence-electron chi connectivity index (χ4n) is 2.71. The van der Waals surface area contributed by atoms with Gasteiger partial charge in [-0.05, 0) is 42.4 Å². The van der Waals surface area contributed by atoms with E-state index in [1.165, 1.54) is 30.4 Å². The number of rotatable bonds is 10. The van der Waals surface area contributed by atoms with Gasteiger partial charge in [0.25, 0.3) is 0 Å². The van der Waals surface area contributed by atoms with Crippen LogP contribution in [0.25, 0.3) is 0 Å². The number of benzene rings is 2. The van der Waals surface area contributed by atoms with Crippen molar-refractivity contribution >= 4 is 6.16 Å². The van der Waals surface area contributed by atoms with Gasteiger partial charge in [0.2, 0.25) is 0 Å². The van der Waals surface area contributed by atoms with Crippen molar-refractivity contribution in [2.24, 2.45) is 0 Å². The van der Waals surface area contributed by atoms with Crippen molar-refractivity contribution in [2.45, 2.75) is 52.1 Å². The van der Waals surface area contributed by atoms with Crippen LogP contribution in [0.15, 0.2) is 54.6 Å². The normalized spacial score (nSPS) is 10.4. The molecule has 0 saturated carbocycles. The van der Waals surface area contributed by atoms with Crippen molar-refractivity contribution in [3.63, 3.8) is 0 Å². The molecule has 134 valence electrons. The Bertz CT molecular complexity index is 622. The molecule has 0 radical (unpaired) electrons. The van der Waals surface area contributed by atoms with Gasteiger partial charge in [-0.15, -0.1) is 0 Å². The molecule has 3 nitrogen and oxygen atoms in total. The summed E-state index contributed by atoms with van der Waals surface area (Å²) in [6.45, 7) is 2.86. The van der Waals surface area contributed by atoms with Gasteiger partial charge in [-0.3, -0.25) is 0 Å². The van der Waals surface area contributed by atoms with E-state index in [0.717, 1.165) is 24.8 Å². The molecule has 25 heavy (non-hydrogen) atoms. The first kappa shape index (κ1) is 19.0. The summed E-state index contributed by atoms with van der Waals surface area (Å²) in [6, 6.07) is 18.3. The Kier molecular flexibility index (Phi) is 8.60. The molecule has 0 fully saturated rings. The third-order valence-corrected chi connectivity index (χ3v) is 4.09. The number of hydrogen-bond acceptors (Lipinski definition) is 3. The number of carbonyl (C=O) groups is 1. The van der Waals surface area contributed by atoms with E-state index in [2.05, 4.69) is 31.2 Å². The standard InChI is InChI=1S/C22H28O3/c1-2-3-5-10-19-13-8-14-20(17-19)15-9-16-24-22(23)25-18-21-11-6-4-7-12-21/h4,6-8,11-14,17H,2-3,5,9-10,15-16,18H2,1H3. The topological polar surface area (TPSA) is 35.5 Å². The Labute approximate surface area is 151 Å². The van der Waals surface area contributed by atoms with Gasteiger partial charge in [0.1, 0.15) is 6.61 Å². The summed E-state index contributed by atoms with van der Waals surface area (Å²) in [5.41, 5.74) is 3.66. The third-order valence-electron chi connectivity index (χ3n) is 4.09. The van der Waals surface area contributed by atoms with Gasteiger partial charge in [-0.25, -0.2) is 4.79 Å². The molecule has 0 N–H and O–H groups in total. The van der Waals surface area contributed by atoms with Gasteiger partial charge < -0.3 is 9.47 Å². The van der Waals surface area contributed by atoms with Gasteiger partial charge in [0.15, 0.2) is 0 Å². The highest BCUT2D eigenvalue weighted by molar-refractivity contribution is 5.59. The lowest BCUT2D eigenvalue weighted by atomic mass is 10.0. The van der Waals surface area contributed by atoms with Crippen LogP contribution in [-0.2, 0) is 28.9 Å². The first-order valence-electron chi connectivity index (χ1n) is 9.19. The third kappa shape index (κ3) is 7.88. The van der Waals surface area contributed by atoms with Crippen molar-refractivity contribution in [3.05, 3.63) is 71.3 Å². The summed E-state index contributed by atoms with van der Waals surface area (Å²) in [5.74, 6) is 0. The zero-order valence-corrected chi connectivity index (χ0v) is 15.1. The number of aryl methyl sites for hydroxylation is 2. The van der Waals surface area contributed by atoms with E-state index in [-0.39, 0.29) is 6.61 Å². The van der Waals surface area contributed by atoms with Crippen molar-refractivity contribution < 1.29 is 14.3 Å². The summed E-state index contributed by atoms with van der Waals surface area (Å²) in [7, 11) is 0. The first-order valence-corrected chi connectivity index (χ1v) is 9.19. The molecule has 0 aromatic heterocycles. The van der Waals surface area contributed by atoms with Crippen LogP contribution in [0, 0.1) is 0 Å². The second-order valence-corrected chi connectivity index (χ2v) is 6.25. The predicted octanol–water partition coefficient (Wildman–Crippen LogP) is 5.71. The molecule has 2 aromatic carbocycles. The van der Waals surface area contributed by atoms with Crippen LogP contribution in [0.3, 0.4) is 0 Å². The number of unbranched alkanes of at least 4 members (excludes halogenated alkanes) is 2. The predicted molar refractivity (Wildman–Crippen MR) is 101 cm³/mol. The maximum atomic E-state index is 11.6. The zero-order valence-electron chi connectivity index (χ0n) is 15.1. The van der Waals surface area contributed by atoms with Crippen LogP contribution >= 0.6 is 0 Å². The Morgan fingerprint density at radius 3 is 2.20 bits per heavy atom. The average molecular weight is 340 g/mol. The van der Waals surface area contributed by atoms with Crippen LogP contribution in [0.1, 0.15) is 49.3 Å². The van der Waals surface area contributed by atoms with Gasteiger partial charge in [-0.1, -0.05) is 74.4 Å². The van der Waals surface area contributed by atoms with Crippen molar-refractivity contribution in [1.29, 1.82) is 0 Å².